The van der Waals surface area contributed by atoms with Crippen molar-refractivity contribution in [3.05, 3.63) is 48.6 Å². The molecular weight excluding hydrogens is 328 g/mol. The van der Waals surface area contributed by atoms with Crippen molar-refractivity contribution in [3.63, 3.8) is 0 Å². The highest BCUT2D eigenvalue weighted by molar-refractivity contribution is 5.86. The molecule has 0 aliphatic carbocycles. The van der Waals surface area contributed by atoms with Crippen LogP contribution in [0, 0.1) is 5.92 Å². The van der Waals surface area contributed by atoms with Gasteiger partial charge in [0.15, 0.2) is 0 Å². The fourth-order valence-electron chi connectivity index (χ4n) is 2.39. The summed E-state index contributed by atoms with van der Waals surface area (Å²) in [6.45, 7) is 14.0. The van der Waals surface area contributed by atoms with Crippen LogP contribution in [0.4, 0.5) is 4.79 Å². The molecule has 0 fully saturated rings. The number of nitrogens with one attached hydrogen (secondary N) is 1. The highest BCUT2D eigenvalue weighted by atomic mass is 16.6. The Morgan fingerprint density at radius 3 is 2.35 bits per heavy atom. The average molecular weight is 360 g/mol. The van der Waals surface area contributed by atoms with Crippen LogP contribution in [-0.4, -0.2) is 41.6 Å². The first-order valence-electron chi connectivity index (χ1n) is 9.06. The summed E-state index contributed by atoms with van der Waals surface area (Å²) in [7, 11) is 0. The van der Waals surface area contributed by atoms with Gasteiger partial charge in [0.25, 0.3) is 0 Å². The zero-order valence-electron chi connectivity index (χ0n) is 16.6. The molecule has 0 aromatic heterocycles. The molecule has 0 saturated carbocycles. The minimum atomic E-state index is -0.663. The number of ether oxygens (including phenoxy) is 1. The first kappa shape index (κ1) is 21.7. The van der Waals surface area contributed by atoms with Gasteiger partial charge in [-0.25, -0.2) is 4.79 Å². The molecule has 1 rings (SSSR count). The molecule has 1 atom stereocenters. The number of rotatable bonds is 8. The smallest absolute Gasteiger partial charge is 0.411 e. The number of carbonyl (C=O) groups is 2. The van der Waals surface area contributed by atoms with Gasteiger partial charge in [0.05, 0.1) is 0 Å². The lowest BCUT2D eigenvalue weighted by molar-refractivity contribution is -0.126. The van der Waals surface area contributed by atoms with E-state index in [9.17, 15) is 9.59 Å². The van der Waals surface area contributed by atoms with Crippen LogP contribution in [-0.2, 0) is 16.0 Å². The van der Waals surface area contributed by atoms with Gasteiger partial charge >= 0.3 is 6.09 Å². The molecule has 26 heavy (non-hydrogen) atoms. The van der Waals surface area contributed by atoms with E-state index in [1.165, 1.54) is 4.90 Å². The molecule has 0 bridgehead atoms. The van der Waals surface area contributed by atoms with Gasteiger partial charge in [-0.2, -0.15) is 0 Å². The van der Waals surface area contributed by atoms with E-state index in [0.717, 1.165) is 5.56 Å². The monoisotopic (exact) mass is 360 g/mol. The number of amides is 2. The normalized spacial score (nSPS) is 12.4. The molecule has 0 aliphatic rings. The zero-order chi connectivity index (χ0) is 19.7. The first-order chi connectivity index (χ1) is 12.1. The predicted octanol–water partition coefficient (Wildman–Crippen LogP) is 3.79. The second-order valence-corrected chi connectivity index (χ2v) is 7.77. The van der Waals surface area contributed by atoms with Crippen molar-refractivity contribution in [2.24, 2.45) is 5.92 Å². The molecule has 144 valence electrons. The van der Waals surface area contributed by atoms with Crippen LogP contribution in [0.2, 0.25) is 0 Å². The molecule has 1 N–H and O–H groups in total. The van der Waals surface area contributed by atoms with Crippen LogP contribution in [0.5, 0.6) is 0 Å². The maximum Gasteiger partial charge on any atom is 0.411 e. The largest absolute Gasteiger partial charge is 0.444 e. The van der Waals surface area contributed by atoms with Gasteiger partial charge in [-0.15, -0.1) is 6.58 Å². The summed E-state index contributed by atoms with van der Waals surface area (Å²) in [4.78, 5) is 27.0. The SMILES string of the molecule is C=CCN(C(=O)OC(C)(C)C)[C@H](Cc1ccccc1)C(=O)NCC(C)C. The number of benzene rings is 1. The Balaban J connectivity index is 3.09. The van der Waals surface area contributed by atoms with E-state index in [1.54, 1.807) is 6.08 Å². The van der Waals surface area contributed by atoms with Crippen LogP contribution in [0.3, 0.4) is 0 Å². The van der Waals surface area contributed by atoms with E-state index in [4.69, 9.17) is 4.74 Å². The molecular formula is C21H32N2O3. The minimum absolute atomic E-state index is 0.185. The second-order valence-electron chi connectivity index (χ2n) is 7.77. The lowest BCUT2D eigenvalue weighted by Crippen LogP contribution is -2.52. The number of nitrogens with zero attached hydrogens (tertiary/aromatic N) is 1. The standard InChI is InChI=1S/C21H32N2O3/c1-7-13-23(20(25)26-21(4,5)6)18(19(24)22-15-16(2)3)14-17-11-9-8-10-12-17/h7-12,16,18H,1,13-15H2,2-6H3,(H,22,24)/t18-/m1/s1. The zero-order valence-corrected chi connectivity index (χ0v) is 16.6. The Morgan fingerprint density at radius 2 is 1.85 bits per heavy atom. The summed E-state index contributed by atoms with van der Waals surface area (Å²) in [6, 6.07) is 9.00. The molecule has 0 saturated heterocycles. The van der Waals surface area contributed by atoms with Crippen molar-refractivity contribution in [1.29, 1.82) is 0 Å². The lowest BCUT2D eigenvalue weighted by Gasteiger charge is -2.32. The minimum Gasteiger partial charge on any atom is -0.444 e. The molecule has 0 aliphatic heterocycles. The van der Waals surface area contributed by atoms with Crippen molar-refractivity contribution in [3.8, 4) is 0 Å². The molecule has 5 heteroatoms. The Kier molecular flexibility index (Phi) is 8.36. The highest BCUT2D eigenvalue weighted by Gasteiger charge is 2.32. The fraction of sp³-hybridized carbons (Fsp3) is 0.524. The summed E-state index contributed by atoms with van der Waals surface area (Å²) >= 11 is 0. The summed E-state index contributed by atoms with van der Waals surface area (Å²) in [5.74, 6) is 0.140. The fourth-order valence-corrected chi connectivity index (χ4v) is 2.39. The lowest BCUT2D eigenvalue weighted by atomic mass is 10.0. The molecule has 1 aromatic rings. The quantitative estimate of drug-likeness (QED) is 0.718. The molecule has 2 amide bonds. The number of carbonyl (C=O) groups excluding carboxylic acids is 2. The molecule has 0 radical (unpaired) electrons. The van der Waals surface area contributed by atoms with Crippen LogP contribution in [0.1, 0.15) is 40.2 Å². The molecule has 0 unspecified atom stereocenters. The van der Waals surface area contributed by atoms with Gasteiger partial charge in [-0.1, -0.05) is 50.3 Å². The van der Waals surface area contributed by atoms with Gasteiger partial charge < -0.3 is 10.1 Å². The summed E-state index contributed by atoms with van der Waals surface area (Å²) in [6.07, 6.45) is 1.51. The number of hydrogen-bond acceptors (Lipinski definition) is 3. The van der Waals surface area contributed by atoms with E-state index in [1.807, 2.05) is 65.0 Å². The van der Waals surface area contributed by atoms with Crippen LogP contribution < -0.4 is 5.32 Å². The van der Waals surface area contributed by atoms with Crippen LogP contribution in [0.25, 0.3) is 0 Å². The van der Waals surface area contributed by atoms with Crippen molar-refractivity contribution in [1.82, 2.24) is 10.2 Å². The van der Waals surface area contributed by atoms with E-state index in [0.29, 0.717) is 18.9 Å². The van der Waals surface area contributed by atoms with Crippen LogP contribution in [0.15, 0.2) is 43.0 Å². The second kappa shape index (κ2) is 10.00. The third-order valence-corrected chi connectivity index (χ3v) is 3.59. The maximum absolute atomic E-state index is 12.8. The molecule has 0 spiro atoms. The Morgan fingerprint density at radius 1 is 1.23 bits per heavy atom. The third-order valence-electron chi connectivity index (χ3n) is 3.59. The van der Waals surface area contributed by atoms with E-state index < -0.39 is 17.7 Å². The van der Waals surface area contributed by atoms with E-state index >= 15 is 0 Å². The van der Waals surface area contributed by atoms with Crippen molar-refractivity contribution < 1.29 is 14.3 Å². The van der Waals surface area contributed by atoms with E-state index in [-0.39, 0.29) is 12.5 Å². The van der Waals surface area contributed by atoms with Gasteiger partial charge in [0.2, 0.25) is 5.91 Å². The van der Waals surface area contributed by atoms with Crippen molar-refractivity contribution in [2.45, 2.75) is 52.7 Å². The predicted molar refractivity (Wildman–Crippen MR) is 105 cm³/mol. The van der Waals surface area contributed by atoms with Gasteiger partial charge in [-0.05, 0) is 32.3 Å². The number of hydrogen-bond donors (Lipinski definition) is 1. The average Bonchev–Trinajstić information content (AvgIpc) is 2.55. The summed E-state index contributed by atoms with van der Waals surface area (Å²) in [5.41, 5.74) is 0.345. The summed E-state index contributed by atoms with van der Waals surface area (Å²) in [5, 5.41) is 2.94. The molecule has 1 aromatic carbocycles. The van der Waals surface area contributed by atoms with Gasteiger partial charge in [0, 0.05) is 19.5 Å². The Bertz CT molecular complexity index is 591. The van der Waals surface area contributed by atoms with Crippen molar-refractivity contribution in [2.75, 3.05) is 13.1 Å². The summed E-state index contributed by atoms with van der Waals surface area (Å²) < 4.78 is 5.51. The maximum atomic E-state index is 12.8. The van der Waals surface area contributed by atoms with E-state index in [2.05, 4.69) is 11.9 Å². The Labute approximate surface area is 157 Å². The highest BCUT2D eigenvalue weighted by Crippen LogP contribution is 2.16. The molecule has 0 heterocycles. The first-order valence-corrected chi connectivity index (χ1v) is 9.06. The van der Waals surface area contributed by atoms with Gasteiger partial charge in [0.1, 0.15) is 11.6 Å². The topological polar surface area (TPSA) is 58.6 Å². The van der Waals surface area contributed by atoms with Crippen LogP contribution >= 0.6 is 0 Å². The Hall–Kier alpha value is -2.30. The third kappa shape index (κ3) is 7.72. The van der Waals surface area contributed by atoms with Gasteiger partial charge in [-0.3, -0.25) is 9.69 Å². The van der Waals surface area contributed by atoms with Crippen molar-refractivity contribution >= 4 is 12.0 Å². The molecule has 5 nitrogen and oxygen atoms in total.